The van der Waals surface area contributed by atoms with Gasteiger partial charge >= 0.3 is 5.97 Å². The van der Waals surface area contributed by atoms with Gasteiger partial charge in [-0.25, -0.2) is 4.79 Å². The van der Waals surface area contributed by atoms with Gasteiger partial charge in [0.2, 0.25) is 0 Å². The van der Waals surface area contributed by atoms with Crippen LogP contribution in [0.25, 0.3) is 10.8 Å². The smallest absolute Gasteiger partial charge is 0.335 e. The number of carboxylic acid groups (broad SMARTS) is 1. The number of carboxylic acids is 1. The lowest BCUT2D eigenvalue weighted by atomic mass is 9.81. The summed E-state index contributed by atoms with van der Waals surface area (Å²) in [5.41, 5.74) is 4.64. The molecular weight excluding hydrogens is 422 g/mol. The molecule has 1 aliphatic rings. The van der Waals surface area contributed by atoms with Crippen LogP contribution in [-0.2, 0) is 0 Å². The molecule has 0 spiro atoms. The first-order chi connectivity index (χ1) is 16.5. The minimum atomic E-state index is -0.887. The van der Waals surface area contributed by atoms with E-state index in [1.165, 1.54) is 16.3 Å². The Hall–Kier alpha value is -3.63. The summed E-state index contributed by atoms with van der Waals surface area (Å²) in [6.45, 7) is 4.80. The zero-order chi connectivity index (χ0) is 23.7. The molecule has 1 heterocycles. The molecule has 4 nitrogen and oxygen atoms in total. The van der Waals surface area contributed by atoms with Gasteiger partial charge in [0.25, 0.3) is 0 Å². The van der Waals surface area contributed by atoms with Crippen molar-refractivity contribution in [3.63, 3.8) is 0 Å². The van der Waals surface area contributed by atoms with Gasteiger partial charge in [0.05, 0.1) is 5.56 Å². The van der Waals surface area contributed by atoms with Gasteiger partial charge in [-0.1, -0.05) is 72.8 Å². The van der Waals surface area contributed by atoms with Gasteiger partial charge in [-0.2, -0.15) is 0 Å². The second kappa shape index (κ2) is 9.32. The molecule has 1 aliphatic heterocycles. The SMILES string of the molecule is Cc1c(C(=O)O)cccc1[C@@H]1C[C@H](CNC(C)c2cccc3ccccc23)Oc2ccccc21. The van der Waals surface area contributed by atoms with E-state index in [1.807, 2.05) is 31.2 Å². The van der Waals surface area contributed by atoms with Crippen molar-refractivity contribution in [2.45, 2.75) is 38.3 Å². The number of fused-ring (bicyclic) bond motifs is 2. The predicted molar refractivity (Wildman–Crippen MR) is 136 cm³/mol. The third-order valence-electron chi connectivity index (χ3n) is 7.01. The minimum Gasteiger partial charge on any atom is -0.489 e. The molecule has 4 aromatic carbocycles. The van der Waals surface area contributed by atoms with E-state index in [2.05, 4.69) is 66.8 Å². The third-order valence-corrected chi connectivity index (χ3v) is 7.01. The van der Waals surface area contributed by atoms with Crippen LogP contribution in [0.5, 0.6) is 5.75 Å². The van der Waals surface area contributed by atoms with Crippen molar-refractivity contribution in [1.82, 2.24) is 5.32 Å². The van der Waals surface area contributed by atoms with E-state index in [4.69, 9.17) is 4.74 Å². The zero-order valence-electron chi connectivity index (χ0n) is 19.5. The molecule has 4 aromatic rings. The van der Waals surface area contributed by atoms with Crippen LogP contribution >= 0.6 is 0 Å². The van der Waals surface area contributed by atoms with Crippen LogP contribution < -0.4 is 10.1 Å². The topological polar surface area (TPSA) is 58.6 Å². The highest BCUT2D eigenvalue weighted by Gasteiger charge is 2.31. The van der Waals surface area contributed by atoms with E-state index < -0.39 is 5.97 Å². The van der Waals surface area contributed by atoms with E-state index in [1.54, 1.807) is 6.07 Å². The van der Waals surface area contributed by atoms with Crippen molar-refractivity contribution in [3.8, 4) is 5.75 Å². The highest BCUT2D eigenvalue weighted by atomic mass is 16.5. The molecule has 0 aliphatic carbocycles. The monoisotopic (exact) mass is 451 g/mol. The number of carbonyl (C=O) groups is 1. The van der Waals surface area contributed by atoms with Crippen molar-refractivity contribution in [2.24, 2.45) is 0 Å². The Morgan fingerprint density at radius 2 is 1.68 bits per heavy atom. The maximum atomic E-state index is 11.7. The standard InChI is InChI=1S/C30H29NO3/c1-19-23(13-8-14-24(19)30(32)33)28-17-22(34-29-16-6-5-12-27(28)29)18-31-20(2)25-15-7-10-21-9-3-4-11-26(21)25/h3-16,20,22,28,31H,17-18H2,1-2H3,(H,32,33)/t20?,22-,28+/m1/s1. The molecule has 0 aromatic heterocycles. The first-order valence-corrected chi connectivity index (χ1v) is 11.8. The molecule has 0 saturated carbocycles. The summed E-state index contributed by atoms with van der Waals surface area (Å²) in [5, 5.41) is 15.8. The number of ether oxygens (including phenoxy) is 1. The van der Waals surface area contributed by atoms with E-state index in [-0.39, 0.29) is 18.1 Å². The van der Waals surface area contributed by atoms with Crippen molar-refractivity contribution < 1.29 is 14.6 Å². The van der Waals surface area contributed by atoms with Gasteiger partial charge in [0, 0.05) is 24.1 Å². The quantitative estimate of drug-likeness (QED) is 0.352. The van der Waals surface area contributed by atoms with Gasteiger partial charge in [0.1, 0.15) is 11.9 Å². The normalized spacial score (nSPS) is 18.2. The maximum absolute atomic E-state index is 11.7. The predicted octanol–water partition coefficient (Wildman–Crippen LogP) is 6.48. The Bertz CT molecular complexity index is 1340. The van der Waals surface area contributed by atoms with Crippen LogP contribution in [0, 0.1) is 6.92 Å². The van der Waals surface area contributed by atoms with Crippen molar-refractivity contribution in [3.05, 3.63) is 113 Å². The molecule has 0 saturated heterocycles. The summed E-state index contributed by atoms with van der Waals surface area (Å²) < 4.78 is 6.40. The number of rotatable bonds is 6. The van der Waals surface area contributed by atoms with Crippen LogP contribution in [0.1, 0.15) is 57.9 Å². The Morgan fingerprint density at radius 1 is 0.971 bits per heavy atom. The molecule has 0 bridgehead atoms. The van der Waals surface area contributed by atoms with Crippen LogP contribution in [0.2, 0.25) is 0 Å². The van der Waals surface area contributed by atoms with Crippen LogP contribution in [0.4, 0.5) is 0 Å². The summed E-state index contributed by atoms with van der Waals surface area (Å²) in [5.74, 6) is 0.0780. The average Bonchev–Trinajstić information content (AvgIpc) is 2.86. The van der Waals surface area contributed by atoms with E-state index in [0.717, 1.165) is 28.9 Å². The van der Waals surface area contributed by atoms with Crippen molar-refractivity contribution in [2.75, 3.05) is 6.54 Å². The number of nitrogens with one attached hydrogen (secondary N) is 1. The molecule has 172 valence electrons. The molecule has 34 heavy (non-hydrogen) atoms. The van der Waals surface area contributed by atoms with E-state index in [0.29, 0.717) is 12.1 Å². The zero-order valence-corrected chi connectivity index (χ0v) is 19.5. The summed E-state index contributed by atoms with van der Waals surface area (Å²) in [6, 6.07) is 28.8. The second-order valence-electron chi connectivity index (χ2n) is 9.09. The molecule has 5 rings (SSSR count). The number of benzene rings is 4. The molecule has 0 amide bonds. The largest absolute Gasteiger partial charge is 0.489 e. The number of hydrogen-bond acceptors (Lipinski definition) is 3. The van der Waals surface area contributed by atoms with E-state index >= 15 is 0 Å². The summed E-state index contributed by atoms with van der Waals surface area (Å²) >= 11 is 0. The van der Waals surface area contributed by atoms with Gasteiger partial charge in [0.15, 0.2) is 0 Å². The van der Waals surface area contributed by atoms with Gasteiger partial charge in [-0.3, -0.25) is 0 Å². The van der Waals surface area contributed by atoms with E-state index in [9.17, 15) is 9.90 Å². The molecule has 3 atom stereocenters. The van der Waals surface area contributed by atoms with Crippen molar-refractivity contribution >= 4 is 16.7 Å². The fourth-order valence-corrected chi connectivity index (χ4v) is 5.22. The Labute approximate surface area is 200 Å². The number of hydrogen-bond donors (Lipinski definition) is 2. The highest BCUT2D eigenvalue weighted by molar-refractivity contribution is 5.90. The lowest BCUT2D eigenvalue weighted by Gasteiger charge is -2.34. The lowest BCUT2D eigenvalue weighted by molar-refractivity contribution is 0.0696. The molecule has 0 radical (unpaired) electrons. The lowest BCUT2D eigenvalue weighted by Crippen LogP contribution is -2.37. The average molecular weight is 452 g/mol. The third kappa shape index (κ3) is 4.17. The minimum absolute atomic E-state index is 0.0230. The van der Waals surface area contributed by atoms with Crippen molar-refractivity contribution in [1.29, 1.82) is 0 Å². The van der Waals surface area contributed by atoms with Gasteiger partial charge in [-0.05, 0) is 59.9 Å². The maximum Gasteiger partial charge on any atom is 0.335 e. The summed E-state index contributed by atoms with van der Waals surface area (Å²) in [7, 11) is 0. The molecule has 1 unspecified atom stereocenters. The first-order valence-electron chi connectivity index (χ1n) is 11.8. The molecular formula is C30H29NO3. The number of aromatic carboxylic acids is 1. The van der Waals surface area contributed by atoms with Gasteiger partial charge in [-0.15, -0.1) is 0 Å². The summed E-state index contributed by atoms with van der Waals surface area (Å²) in [4.78, 5) is 11.7. The molecule has 0 fully saturated rings. The Kier molecular flexibility index (Phi) is 6.08. The Morgan fingerprint density at radius 3 is 2.53 bits per heavy atom. The van der Waals surface area contributed by atoms with Crippen LogP contribution in [0.3, 0.4) is 0 Å². The number of para-hydroxylation sites is 1. The first kappa shape index (κ1) is 22.2. The second-order valence-corrected chi connectivity index (χ2v) is 9.09. The molecule has 4 heteroatoms. The molecule has 2 N–H and O–H groups in total. The fourth-order valence-electron chi connectivity index (χ4n) is 5.22. The Balaban J connectivity index is 1.40. The highest BCUT2D eigenvalue weighted by Crippen LogP contribution is 2.41. The van der Waals surface area contributed by atoms with Gasteiger partial charge < -0.3 is 15.2 Å². The summed E-state index contributed by atoms with van der Waals surface area (Å²) in [6.07, 6.45) is 0.765. The van der Waals surface area contributed by atoms with Crippen LogP contribution in [-0.4, -0.2) is 23.7 Å². The van der Waals surface area contributed by atoms with Crippen LogP contribution in [0.15, 0.2) is 84.9 Å². The fraction of sp³-hybridized carbons (Fsp3) is 0.233.